The fraction of sp³-hybridized carbons (Fsp3) is 0.238. The van der Waals surface area contributed by atoms with Crippen LogP contribution < -0.4 is 0 Å². The number of aromatic nitrogens is 1. The molecule has 2 aliphatic carbocycles. The zero-order valence-corrected chi connectivity index (χ0v) is 12.9. The third-order valence-electron chi connectivity index (χ3n) is 5.30. The molecule has 2 nitrogen and oxygen atoms in total. The van der Waals surface area contributed by atoms with E-state index in [1.165, 1.54) is 35.9 Å². The molecule has 112 valence electrons. The summed E-state index contributed by atoms with van der Waals surface area (Å²) in [6.07, 6.45) is 5.86. The summed E-state index contributed by atoms with van der Waals surface area (Å²) in [5.41, 5.74) is 6.12. The molecule has 2 aliphatic rings. The number of fused-ring (bicyclic) bond motifs is 6. The van der Waals surface area contributed by atoms with Crippen molar-refractivity contribution < 1.29 is 0 Å². The van der Waals surface area contributed by atoms with Crippen LogP contribution in [0.2, 0.25) is 0 Å². The van der Waals surface area contributed by atoms with Gasteiger partial charge in [0.2, 0.25) is 0 Å². The van der Waals surface area contributed by atoms with Crippen LogP contribution in [0.3, 0.4) is 0 Å². The van der Waals surface area contributed by atoms with Gasteiger partial charge in [-0.05, 0) is 36.8 Å². The second kappa shape index (κ2) is 5.02. The maximum absolute atomic E-state index is 4.98. The van der Waals surface area contributed by atoms with Crippen molar-refractivity contribution >= 4 is 22.8 Å². The Labute approximate surface area is 135 Å². The van der Waals surface area contributed by atoms with Gasteiger partial charge in [-0.15, -0.1) is 0 Å². The van der Waals surface area contributed by atoms with Gasteiger partial charge in [-0.2, -0.15) is 0 Å². The minimum atomic E-state index is 0.658. The fourth-order valence-corrected chi connectivity index (χ4v) is 4.25. The standard InChI is InChI=1S/C21H18N2/c1-2-6-14(7-3-1)13-22-21-17-8-4-5-9-18(17)23-20-16-11-10-15(12-16)19(20)21/h1-9,13,15-16H,10-12H2. The summed E-state index contributed by atoms with van der Waals surface area (Å²) in [7, 11) is 0. The molecule has 3 aromatic rings. The molecule has 2 unspecified atom stereocenters. The van der Waals surface area contributed by atoms with Gasteiger partial charge >= 0.3 is 0 Å². The molecule has 2 atom stereocenters. The minimum Gasteiger partial charge on any atom is -0.255 e. The van der Waals surface area contributed by atoms with Crippen molar-refractivity contribution in [3.05, 3.63) is 71.4 Å². The van der Waals surface area contributed by atoms with E-state index in [0.717, 1.165) is 16.8 Å². The first-order chi connectivity index (χ1) is 11.4. The van der Waals surface area contributed by atoms with E-state index in [-0.39, 0.29) is 0 Å². The molecule has 1 saturated carbocycles. The Balaban J connectivity index is 1.73. The second-order valence-corrected chi connectivity index (χ2v) is 6.65. The predicted molar refractivity (Wildman–Crippen MR) is 94.8 cm³/mol. The molecular formula is C21H18N2. The zero-order chi connectivity index (χ0) is 15.2. The molecule has 0 spiro atoms. The van der Waals surface area contributed by atoms with Gasteiger partial charge in [-0.3, -0.25) is 9.98 Å². The highest BCUT2D eigenvalue weighted by molar-refractivity contribution is 5.95. The molecule has 0 radical (unpaired) electrons. The fourth-order valence-electron chi connectivity index (χ4n) is 4.25. The lowest BCUT2D eigenvalue weighted by Crippen LogP contribution is -2.02. The van der Waals surface area contributed by atoms with Crippen molar-refractivity contribution in [3.8, 4) is 0 Å². The maximum Gasteiger partial charge on any atom is 0.0776 e. The Kier molecular flexibility index (Phi) is 2.84. The van der Waals surface area contributed by atoms with Gasteiger partial charge < -0.3 is 0 Å². The van der Waals surface area contributed by atoms with Crippen molar-refractivity contribution in [1.29, 1.82) is 0 Å². The Morgan fingerprint density at radius 3 is 2.61 bits per heavy atom. The lowest BCUT2D eigenvalue weighted by molar-refractivity contribution is 0.701. The summed E-state index contributed by atoms with van der Waals surface area (Å²) in [5, 5.41) is 1.19. The summed E-state index contributed by atoms with van der Waals surface area (Å²) >= 11 is 0. The third-order valence-corrected chi connectivity index (χ3v) is 5.30. The molecule has 1 heterocycles. The van der Waals surface area contributed by atoms with E-state index in [9.17, 15) is 0 Å². The Morgan fingerprint density at radius 2 is 1.70 bits per heavy atom. The van der Waals surface area contributed by atoms with Crippen LogP contribution in [0.5, 0.6) is 0 Å². The topological polar surface area (TPSA) is 25.2 Å². The molecule has 2 heteroatoms. The number of para-hydroxylation sites is 1. The van der Waals surface area contributed by atoms with Crippen molar-refractivity contribution in [2.45, 2.75) is 31.1 Å². The Hall–Kier alpha value is -2.48. The molecule has 0 N–H and O–H groups in total. The molecule has 0 saturated heterocycles. The van der Waals surface area contributed by atoms with Crippen LogP contribution in [0, 0.1) is 0 Å². The van der Waals surface area contributed by atoms with Crippen molar-refractivity contribution in [2.24, 2.45) is 4.99 Å². The van der Waals surface area contributed by atoms with E-state index in [1.807, 2.05) is 12.3 Å². The van der Waals surface area contributed by atoms with Crippen molar-refractivity contribution in [2.75, 3.05) is 0 Å². The molecule has 0 amide bonds. The maximum atomic E-state index is 4.98. The minimum absolute atomic E-state index is 0.658. The van der Waals surface area contributed by atoms with Gasteiger partial charge in [0.1, 0.15) is 0 Å². The lowest BCUT2D eigenvalue weighted by Gasteiger charge is -2.18. The number of nitrogens with zero attached hydrogens (tertiary/aromatic N) is 2. The molecule has 1 aromatic heterocycles. The summed E-state index contributed by atoms with van der Waals surface area (Å²) in [6.45, 7) is 0. The largest absolute Gasteiger partial charge is 0.255 e. The first-order valence-corrected chi connectivity index (χ1v) is 8.42. The van der Waals surface area contributed by atoms with Crippen LogP contribution in [0.25, 0.3) is 10.9 Å². The summed E-state index contributed by atoms with van der Waals surface area (Å²) in [4.78, 5) is 9.91. The van der Waals surface area contributed by atoms with E-state index < -0.39 is 0 Å². The van der Waals surface area contributed by atoms with E-state index in [1.54, 1.807) is 0 Å². The van der Waals surface area contributed by atoms with Crippen LogP contribution in [0.15, 0.2) is 59.6 Å². The summed E-state index contributed by atoms with van der Waals surface area (Å²) in [6, 6.07) is 18.8. The molecule has 2 aromatic carbocycles. The predicted octanol–water partition coefficient (Wildman–Crippen LogP) is 5.35. The first-order valence-electron chi connectivity index (χ1n) is 8.42. The number of hydrogen-bond donors (Lipinski definition) is 0. The monoisotopic (exact) mass is 298 g/mol. The highest BCUT2D eigenvalue weighted by Crippen LogP contribution is 2.56. The Morgan fingerprint density at radius 1 is 0.913 bits per heavy atom. The van der Waals surface area contributed by atoms with Crippen molar-refractivity contribution in [1.82, 2.24) is 4.98 Å². The van der Waals surface area contributed by atoms with Crippen LogP contribution in [-0.4, -0.2) is 11.2 Å². The first kappa shape index (κ1) is 13.0. The molecule has 1 fully saturated rings. The molecular weight excluding hydrogens is 280 g/mol. The van der Waals surface area contributed by atoms with Gasteiger partial charge in [0.15, 0.2) is 0 Å². The van der Waals surface area contributed by atoms with Gasteiger partial charge in [0.05, 0.1) is 11.2 Å². The van der Waals surface area contributed by atoms with E-state index in [0.29, 0.717) is 11.8 Å². The molecule has 0 aliphatic heterocycles. The van der Waals surface area contributed by atoms with E-state index in [4.69, 9.17) is 9.98 Å². The average molecular weight is 298 g/mol. The number of hydrogen-bond acceptors (Lipinski definition) is 2. The van der Waals surface area contributed by atoms with Gasteiger partial charge in [-0.1, -0.05) is 48.5 Å². The van der Waals surface area contributed by atoms with Crippen LogP contribution in [-0.2, 0) is 0 Å². The lowest BCUT2D eigenvalue weighted by atomic mass is 9.92. The number of aliphatic imine (C=N–C) groups is 1. The second-order valence-electron chi connectivity index (χ2n) is 6.65. The molecule has 23 heavy (non-hydrogen) atoms. The molecule has 2 bridgehead atoms. The van der Waals surface area contributed by atoms with Gasteiger partial charge in [0.25, 0.3) is 0 Å². The van der Waals surface area contributed by atoms with Crippen LogP contribution in [0.1, 0.15) is 47.9 Å². The number of benzene rings is 2. The third kappa shape index (κ3) is 2.02. The zero-order valence-electron chi connectivity index (χ0n) is 12.9. The summed E-state index contributed by atoms with van der Waals surface area (Å²) in [5.74, 6) is 1.32. The number of rotatable bonds is 2. The number of pyridine rings is 1. The van der Waals surface area contributed by atoms with Crippen molar-refractivity contribution in [3.63, 3.8) is 0 Å². The van der Waals surface area contributed by atoms with Crippen LogP contribution >= 0.6 is 0 Å². The highest BCUT2D eigenvalue weighted by atomic mass is 14.8. The van der Waals surface area contributed by atoms with Crippen LogP contribution in [0.4, 0.5) is 5.69 Å². The highest BCUT2D eigenvalue weighted by Gasteiger charge is 2.40. The van der Waals surface area contributed by atoms with Gasteiger partial charge in [-0.25, -0.2) is 0 Å². The Bertz CT molecular complexity index is 912. The van der Waals surface area contributed by atoms with Gasteiger partial charge in [0, 0.05) is 28.8 Å². The summed E-state index contributed by atoms with van der Waals surface area (Å²) < 4.78 is 0. The normalized spacial score (nSPS) is 22.1. The van der Waals surface area contributed by atoms with E-state index >= 15 is 0 Å². The molecule has 5 rings (SSSR count). The van der Waals surface area contributed by atoms with E-state index in [2.05, 4.69) is 48.5 Å². The quantitative estimate of drug-likeness (QED) is 0.585. The SMILES string of the molecule is C(=Nc1c2c(nc3ccccc13)C1CCC2C1)c1ccccc1. The smallest absolute Gasteiger partial charge is 0.0776 e. The average Bonchev–Trinajstić information content (AvgIpc) is 3.21.